The normalized spacial score (nSPS) is 11.0. The Labute approximate surface area is 114 Å². The number of rotatable bonds is 6. The minimum Gasteiger partial charge on any atom is -0.324 e. The van der Waals surface area contributed by atoms with Gasteiger partial charge in [-0.2, -0.15) is 0 Å². The summed E-state index contributed by atoms with van der Waals surface area (Å²) in [5.74, 6) is 0.0742. The third-order valence-electron chi connectivity index (χ3n) is 3.03. The van der Waals surface area contributed by atoms with Crippen molar-refractivity contribution in [3.8, 4) is 5.69 Å². The molecule has 0 atom stereocenters. The fraction of sp³-hybridized carbons (Fsp3) is 0.235. The number of allylic oxidation sites excluding steroid dienone is 2. The van der Waals surface area contributed by atoms with Crippen LogP contribution in [0.2, 0.25) is 0 Å². The fourth-order valence-electron chi connectivity index (χ4n) is 1.94. The van der Waals surface area contributed by atoms with Crippen molar-refractivity contribution in [2.75, 3.05) is 0 Å². The fourth-order valence-corrected chi connectivity index (χ4v) is 1.94. The van der Waals surface area contributed by atoms with Crippen molar-refractivity contribution in [1.82, 2.24) is 4.57 Å². The van der Waals surface area contributed by atoms with Crippen molar-refractivity contribution in [1.29, 1.82) is 0 Å². The predicted molar refractivity (Wildman–Crippen MR) is 78.8 cm³/mol. The van der Waals surface area contributed by atoms with Gasteiger partial charge in [-0.05, 0) is 36.8 Å². The monoisotopic (exact) mass is 253 g/mol. The van der Waals surface area contributed by atoms with Crippen LogP contribution in [0.4, 0.5) is 0 Å². The Bertz CT molecular complexity index is 552. The molecule has 2 heteroatoms. The number of hydrogen-bond donors (Lipinski definition) is 0. The molecule has 2 nitrogen and oxygen atoms in total. The molecule has 0 amide bonds. The highest BCUT2D eigenvalue weighted by atomic mass is 16.1. The molecular formula is C17H19NO. The van der Waals surface area contributed by atoms with Gasteiger partial charge in [-0.3, -0.25) is 4.79 Å². The first-order chi connectivity index (χ1) is 9.31. The Hall–Kier alpha value is -2.09. The standard InChI is InChI=1S/C17H19NO/c1-2-3-4-5-11-17(19)15-9-8-10-16(14-15)18-12-6-7-13-18/h5-14H,2-4H2,1H3/b11-5+. The minimum atomic E-state index is 0.0742. The van der Waals surface area contributed by atoms with E-state index in [1.807, 2.05) is 59.4 Å². The van der Waals surface area contributed by atoms with Gasteiger partial charge in [0.2, 0.25) is 0 Å². The zero-order valence-electron chi connectivity index (χ0n) is 11.3. The zero-order chi connectivity index (χ0) is 13.5. The summed E-state index contributed by atoms with van der Waals surface area (Å²) in [6.45, 7) is 2.15. The van der Waals surface area contributed by atoms with Gasteiger partial charge in [-0.25, -0.2) is 0 Å². The third kappa shape index (κ3) is 3.68. The first-order valence-corrected chi connectivity index (χ1v) is 6.75. The van der Waals surface area contributed by atoms with E-state index in [1.165, 1.54) is 0 Å². The molecule has 0 bridgehead atoms. The topological polar surface area (TPSA) is 22.0 Å². The van der Waals surface area contributed by atoms with E-state index in [4.69, 9.17) is 0 Å². The molecule has 2 aromatic rings. The van der Waals surface area contributed by atoms with Crippen LogP contribution in [0.15, 0.2) is 60.9 Å². The van der Waals surface area contributed by atoms with Gasteiger partial charge in [0.05, 0.1) is 0 Å². The molecule has 0 spiro atoms. The van der Waals surface area contributed by atoms with Gasteiger partial charge in [0.25, 0.3) is 0 Å². The SMILES string of the molecule is CCCC/C=C/C(=O)c1cccc(-n2cccc2)c1. The van der Waals surface area contributed by atoms with Gasteiger partial charge in [0.1, 0.15) is 0 Å². The number of carbonyl (C=O) groups excluding carboxylic acids is 1. The van der Waals surface area contributed by atoms with E-state index in [9.17, 15) is 4.79 Å². The number of benzene rings is 1. The molecule has 98 valence electrons. The highest BCUT2D eigenvalue weighted by Crippen LogP contribution is 2.12. The molecule has 0 saturated heterocycles. The maximum atomic E-state index is 12.0. The average molecular weight is 253 g/mol. The lowest BCUT2D eigenvalue weighted by Gasteiger charge is -2.04. The molecule has 0 radical (unpaired) electrons. The molecule has 0 aliphatic rings. The molecule has 0 N–H and O–H groups in total. The van der Waals surface area contributed by atoms with E-state index in [2.05, 4.69) is 6.92 Å². The first kappa shape index (κ1) is 13.3. The van der Waals surface area contributed by atoms with Crippen LogP contribution >= 0.6 is 0 Å². The summed E-state index contributed by atoms with van der Waals surface area (Å²) in [5.41, 5.74) is 1.75. The molecular weight excluding hydrogens is 234 g/mol. The maximum absolute atomic E-state index is 12.0. The van der Waals surface area contributed by atoms with Gasteiger partial charge in [-0.15, -0.1) is 0 Å². The van der Waals surface area contributed by atoms with Crippen LogP contribution in [-0.2, 0) is 0 Å². The molecule has 2 rings (SSSR count). The predicted octanol–water partition coefficient (Wildman–Crippen LogP) is 4.41. The van der Waals surface area contributed by atoms with Crippen molar-refractivity contribution in [3.63, 3.8) is 0 Å². The van der Waals surface area contributed by atoms with Gasteiger partial charge in [0, 0.05) is 23.6 Å². The van der Waals surface area contributed by atoms with E-state index < -0.39 is 0 Å². The summed E-state index contributed by atoms with van der Waals surface area (Å²) >= 11 is 0. The van der Waals surface area contributed by atoms with Crippen LogP contribution < -0.4 is 0 Å². The van der Waals surface area contributed by atoms with Crippen molar-refractivity contribution >= 4 is 5.78 Å². The molecule has 1 heterocycles. The Balaban J connectivity index is 2.10. The van der Waals surface area contributed by atoms with Crippen LogP contribution in [0.5, 0.6) is 0 Å². The molecule has 0 aliphatic heterocycles. The lowest BCUT2D eigenvalue weighted by molar-refractivity contribution is 0.104. The zero-order valence-corrected chi connectivity index (χ0v) is 11.3. The summed E-state index contributed by atoms with van der Waals surface area (Å²) in [4.78, 5) is 12.0. The molecule has 0 saturated carbocycles. The summed E-state index contributed by atoms with van der Waals surface area (Å²) in [6.07, 6.45) is 10.9. The molecule has 0 unspecified atom stereocenters. The molecule has 0 fully saturated rings. The van der Waals surface area contributed by atoms with Crippen LogP contribution in [-0.4, -0.2) is 10.4 Å². The highest BCUT2D eigenvalue weighted by molar-refractivity contribution is 6.04. The number of carbonyl (C=O) groups is 1. The van der Waals surface area contributed by atoms with Gasteiger partial charge in [-0.1, -0.05) is 38.0 Å². The van der Waals surface area contributed by atoms with E-state index in [-0.39, 0.29) is 5.78 Å². The lowest BCUT2D eigenvalue weighted by atomic mass is 10.1. The van der Waals surface area contributed by atoms with Crippen LogP contribution in [0.25, 0.3) is 5.69 Å². The first-order valence-electron chi connectivity index (χ1n) is 6.75. The minimum absolute atomic E-state index is 0.0742. The number of nitrogens with zero attached hydrogens (tertiary/aromatic N) is 1. The summed E-state index contributed by atoms with van der Waals surface area (Å²) < 4.78 is 2.00. The maximum Gasteiger partial charge on any atom is 0.185 e. The lowest BCUT2D eigenvalue weighted by Crippen LogP contribution is -1.97. The van der Waals surface area contributed by atoms with E-state index in [0.717, 1.165) is 30.5 Å². The molecule has 0 aliphatic carbocycles. The van der Waals surface area contributed by atoms with E-state index in [0.29, 0.717) is 0 Å². The van der Waals surface area contributed by atoms with Crippen molar-refractivity contribution < 1.29 is 4.79 Å². The van der Waals surface area contributed by atoms with Crippen LogP contribution in [0.1, 0.15) is 36.5 Å². The molecule has 1 aromatic carbocycles. The number of aromatic nitrogens is 1. The van der Waals surface area contributed by atoms with Crippen molar-refractivity contribution in [3.05, 3.63) is 66.5 Å². The van der Waals surface area contributed by atoms with E-state index >= 15 is 0 Å². The number of hydrogen-bond acceptors (Lipinski definition) is 1. The van der Waals surface area contributed by atoms with Gasteiger partial charge < -0.3 is 4.57 Å². The smallest absolute Gasteiger partial charge is 0.185 e. The second-order valence-corrected chi connectivity index (χ2v) is 4.55. The van der Waals surface area contributed by atoms with Crippen molar-refractivity contribution in [2.24, 2.45) is 0 Å². The summed E-state index contributed by atoms with van der Waals surface area (Å²) in [6, 6.07) is 11.6. The Morgan fingerprint density at radius 2 is 2.00 bits per heavy atom. The second-order valence-electron chi connectivity index (χ2n) is 4.55. The average Bonchev–Trinajstić information content (AvgIpc) is 2.98. The van der Waals surface area contributed by atoms with Crippen LogP contribution in [0, 0.1) is 0 Å². The van der Waals surface area contributed by atoms with Gasteiger partial charge in [0.15, 0.2) is 5.78 Å². The number of ketones is 1. The van der Waals surface area contributed by atoms with Crippen LogP contribution in [0.3, 0.4) is 0 Å². The highest BCUT2D eigenvalue weighted by Gasteiger charge is 2.03. The Morgan fingerprint density at radius 3 is 2.74 bits per heavy atom. The Morgan fingerprint density at radius 1 is 1.21 bits per heavy atom. The quantitative estimate of drug-likeness (QED) is 0.424. The Kier molecular flexibility index (Phi) is 4.73. The largest absolute Gasteiger partial charge is 0.324 e. The molecule has 1 aromatic heterocycles. The second kappa shape index (κ2) is 6.74. The van der Waals surface area contributed by atoms with Crippen molar-refractivity contribution in [2.45, 2.75) is 26.2 Å². The molecule has 19 heavy (non-hydrogen) atoms. The third-order valence-corrected chi connectivity index (χ3v) is 3.03. The summed E-state index contributed by atoms with van der Waals surface area (Å²) in [7, 11) is 0. The van der Waals surface area contributed by atoms with E-state index in [1.54, 1.807) is 6.08 Å². The summed E-state index contributed by atoms with van der Waals surface area (Å²) in [5, 5.41) is 0. The number of unbranched alkanes of at least 4 members (excludes halogenated alkanes) is 2. The van der Waals surface area contributed by atoms with Gasteiger partial charge >= 0.3 is 0 Å².